The van der Waals surface area contributed by atoms with Crippen molar-refractivity contribution in [3.05, 3.63) is 48.5 Å². The fraction of sp³-hybridized carbons (Fsp3) is 0.176. The van der Waals surface area contributed by atoms with Gasteiger partial charge in [0.2, 0.25) is 5.95 Å². The lowest BCUT2D eigenvalue weighted by Crippen LogP contribution is -2.05. The van der Waals surface area contributed by atoms with E-state index in [1.165, 1.54) is 0 Å². The zero-order valence-corrected chi connectivity index (χ0v) is 12.6. The summed E-state index contributed by atoms with van der Waals surface area (Å²) < 4.78 is 5.35. The van der Waals surface area contributed by atoms with Crippen LogP contribution in [0.15, 0.2) is 48.5 Å². The molecule has 0 bridgehead atoms. The average Bonchev–Trinajstić information content (AvgIpc) is 2.56. The maximum Gasteiger partial charge on any atom is 0.229 e. The van der Waals surface area contributed by atoms with E-state index in [4.69, 9.17) is 4.74 Å². The molecular formula is C17H18N4O. The quantitative estimate of drug-likeness (QED) is 0.749. The summed E-state index contributed by atoms with van der Waals surface area (Å²) in [5.41, 5.74) is 1.73. The van der Waals surface area contributed by atoms with E-state index >= 15 is 0 Å². The number of benzene rings is 2. The second kappa shape index (κ2) is 6.30. The third-order valence-corrected chi connectivity index (χ3v) is 3.30. The number of rotatable bonds is 5. The zero-order chi connectivity index (χ0) is 15.4. The minimum absolute atomic E-state index is 0.541. The number of para-hydroxylation sites is 3. The van der Waals surface area contributed by atoms with Crippen molar-refractivity contribution in [2.24, 2.45) is 0 Å². The van der Waals surface area contributed by atoms with Crippen molar-refractivity contribution in [3.63, 3.8) is 0 Å². The molecule has 0 aliphatic rings. The summed E-state index contributed by atoms with van der Waals surface area (Å²) in [7, 11) is 1.64. The molecule has 3 aromatic rings. The van der Waals surface area contributed by atoms with Crippen LogP contribution in [-0.4, -0.2) is 23.6 Å². The number of hydrogen-bond acceptors (Lipinski definition) is 5. The van der Waals surface area contributed by atoms with Crippen molar-refractivity contribution in [2.75, 3.05) is 24.3 Å². The molecule has 22 heavy (non-hydrogen) atoms. The molecule has 112 valence electrons. The van der Waals surface area contributed by atoms with Crippen molar-refractivity contribution in [3.8, 4) is 5.75 Å². The second-order valence-electron chi connectivity index (χ2n) is 4.77. The van der Waals surface area contributed by atoms with Gasteiger partial charge < -0.3 is 15.4 Å². The maximum atomic E-state index is 5.35. The summed E-state index contributed by atoms with van der Waals surface area (Å²) in [5, 5.41) is 7.52. The number of aromatic nitrogens is 2. The number of ether oxygens (including phenoxy) is 1. The third-order valence-electron chi connectivity index (χ3n) is 3.30. The minimum atomic E-state index is 0.541. The number of nitrogens with one attached hydrogen (secondary N) is 2. The first kappa shape index (κ1) is 14.1. The SMILES string of the molecule is CCNc1nc(Nc2ccccc2OC)nc2ccccc12. The fourth-order valence-corrected chi connectivity index (χ4v) is 2.30. The Bertz CT molecular complexity index is 788. The third kappa shape index (κ3) is 2.79. The number of nitrogens with zero attached hydrogens (tertiary/aromatic N) is 2. The predicted octanol–water partition coefficient (Wildman–Crippen LogP) is 3.81. The van der Waals surface area contributed by atoms with Gasteiger partial charge in [0.15, 0.2) is 0 Å². The molecule has 0 saturated carbocycles. The van der Waals surface area contributed by atoms with Gasteiger partial charge in [-0.2, -0.15) is 4.98 Å². The van der Waals surface area contributed by atoms with E-state index in [1.54, 1.807) is 7.11 Å². The van der Waals surface area contributed by atoms with E-state index in [0.717, 1.165) is 34.7 Å². The molecule has 0 amide bonds. The maximum absolute atomic E-state index is 5.35. The highest BCUT2D eigenvalue weighted by atomic mass is 16.5. The Morgan fingerprint density at radius 3 is 2.59 bits per heavy atom. The van der Waals surface area contributed by atoms with Gasteiger partial charge in [-0.15, -0.1) is 0 Å². The van der Waals surface area contributed by atoms with Crippen LogP contribution in [0.1, 0.15) is 6.92 Å². The molecule has 0 spiro atoms. The molecule has 0 fully saturated rings. The summed E-state index contributed by atoms with van der Waals surface area (Å²) >= 11 is 0. The van der Waals surface area contributed by atoms with E-state index in [1.807, 2.05) is 55.5 Å². The first-order chi connectivity index (χ1) is 10.8. The second-order valence-corrected chi connectivity index (χ2v) is 4.77. The largest absolute Gasteiger partial charge is 0.495 e. The highest BCUT2D eigenvalue weighted by Gasteiger charge is 2.09. The fourth-order valence-electron chi connectivity index (χ4n) is 2.30. The standard InChI is InChI=1S/C17H18N4O/c1-3-18-16-12-8-4-5-9-13(12)19-17(21-16)20-14-10-6-7-11-15(14)22-2/h4-11H,3H2,1-2H3,(H2,18,19,20,21). The number of anilines is 3. The van der Waals surface area contributed by atoms with Gasteiger partial charge >= 0.3 is 0 Å². The van der Waals surface area contributed by atoms with Crippen LogP contribution in [0.4, 0.5) is 17.5 Å². The summed E-state index contributed by atoms with van der Waals surface area (Å²) in [6.07, 6.45) is 0. The van der Waals surface area contributed by atoms with E-state index in [9.17, 15) is 0 Å². The van der Waals surface area contributed by atoms with Crippen LogP contribution in [0, 0.1) is 0 Å². The first-order valence-corrected chi connectivity index (χ1v) is 7.22. The van der Waals surface area contributed by atoms with Gasteiger partial charge in [0.25, 0.3) is 0 Å². The van der Waals surface area contributed by atoms with Gasteiger partial charge in [-0.25, -0.2) is 4.98 Å². The Labute approximate surface area is 129 Å². The van der Waals surface area contributed by atoms with E-state index in [2.05, 4.69) is 20.6 Å². The van der Waals surface area contributed by atoms with Gasteiger partial charge in [-0.1, -0.05) is 24.3 Å². The molecule has 0 aliphatic heterocycles. The van der Waals surface area contributed by atoms with E-state index < -0.39 is 0 Å². The van der Waals surface area contributed by atoms with Crippen molar-refractivity contribution < 1.29 is 4.74 Å². The molecule has 0 unspecified atom stereocenters. The highest BCUT2D eigenvalue weighted by molar-refractivity contribution is 5.90. The zero-order valence-electron chi connectivity index (χ0n) is 12.6. The summed E-state index contributed by atoms with van der Waals surface area (Å²) in [4.78, 5) is 9.14. The molecule has 2 N–H and O–H groups in total. The lowest BCUT2D eigenvalue weighted by Gasteiger charge is -2.12. The van der Waals surface area contributed by atoms with Gasteiger partial charge in [0, 0.05) is 11.9 Å². The summed E-state index contributed by atoms with van der Waals surface area (Å²) in [6.45, 7) is 2.85. The molecule has 5 heteroatoms. The van der Waals surface area contributed by atoms with Crippen molar-refractivity contribution in [1.82, 2.24) is 9.97 Å². The molecular weight excluding hydrogens is 276 g/mol. The van der Waals surface area contributed by atoms with Crippen LogP contribution in [-0.2, 0) is 0 Å². The summed E-state index contributed by atoms with van der Waals surface area (Å²) in [5.74, 6) is 2.12. The lowest BCUT2D eigenvalue weighted by molar-refractivity contribution is 0.417. The van der Waals surface area contributed by atoms with Gasteiger partial charge in [-0.3, -0.25) is 0 Å². The Balaban J connectivity index is 2.03. The Morgan fingerprint density at radius 1 is 1.00 bits per heavy atom. The molecule has 5 nitrogen and oxygen atoms in total. The lowest BCUT2D eigenvalue weighted by atomic mass is 10.2. The van der Waals surface area contributed by atoms with Crippen molar-refractivity contribution in [2.45, 2.75) is 6.92 Å². The number of methoxy groups -OCH3 is 1. The van der Waals surface area contributed by atoms with Crippen LogP contribution in [0.2, 0.25) is 0 Å². The molecule has 0 radical (unpaired) electrons. The Hall–Kier alpha value is -2.82. The molecule has 2 aromatic carbocycles. The summed E-state index contributed by atoms with van der Waals surface area (Å²) in [6, 6.07) is 15.6. The normalized spacial score (nSPS) is 10.5. The van der Waals surface area contributed by atoms with Gasteiger partial charge in [-0.05, 0) is 31.2 Å². The Morgan fingerprint density at radius 2 is 1.77 bits per heavy atom. The topological polar surface area (TPSA) is 59.1 Å². The van der Waals surface area contributed by atoms with Gasteiger partial charge in [0.05, 0.1) is 18.3 Å². The minimum Gasteiger partial charge on any atom is -0.495 e. The first-order valence-electron chi connectivity index (χ1n) is 7.22. The molecule has 3 rings (SSSR count). The predicted molar refractivity (Wildman–Crippen MR) is 90.0 cm³/mol. The van der Waals surface area contributed by atoms with Crippen LogP contribution in [0.3, 0.4) is 0 Å². The highest BCUT2D eigenvalue weighted by Crippen LogP contribution is 2.28. The van der Waals surface area contributed by atoms with E-state index in [0.29, 0.717) is 5.95 Å². The smallest absolute Gasteiger partial charge is 0.229 e. The monoisotopic (exact) mass is 294 g/mol. The van der Waals surface area contributed by atoms with E-state index in [-0.39, 0.29) is 0 Å². The van der Waals surface area contributed by atoms with Crippen molar-refractivity contribution >= 4 is 28.4 Å². The van der Waals surface area contributed by atoms with Crippen molar-refractivity contribution in [1.29, 1.82) is 0 Å². The van der Waals surface area contributed by atoms with Crippen LogP contribution in [0.25, 0.3) is 10.9 Å². The molecule has 0 atom stereocenters. The number of hydrogen-bond donors (Lipinski definition) is 2. The van der Waals surface area contributed by atoms with Crippen LogP contribution < -0.4 is 15.4 Å². The molecule has 1 heterocycles. The van der Waals surface area contributed by atoms with Crippen LogP contribution in [0.5, 0.6) is 5.75 Å². The van der Waals surface area contributed by atoms with Crippen LogP contribution >= 0.6 is 0 Å². The molecule has 0 aliphatic carbocycles. The molecule has 0 saturated heterocycles. The average molecular weight is 294 g/mol. The van der Waals surface area contributed by atoms with Gasteiger partial charge in [0.1, 0.15) is 11.6 Å². The Kier molecular flexibility index (Phi) is 4.05. The molecule has 1 aromatic heterocycles. The number of fused-ring (bicyclic) bond motifs is 1.